The zero-order chi connectivity index (χ0) is 13.0. The van der Waals surface area contributed by atoms with E-state index in [1.807, 2.05) is 18.0 Å². The van der Waals surface area contributed by atoms with Gasteiger partial charge >= 0.3 is 0 Å². The molecule has 2 aliphatic carbocycles. The van der Waals surface area contributed by atoms with E-state index in [1.54, 1.807) is 6.26 Å². The number of furan rings is 1. The number of amides is 1. The molecule has 1 aromatic heterocycles. The molecule has 0 saturated heterocycles. The van der Waals surface area contributed by atoms with Gasteiger partial charge in [0.1, 0.15) is 5.58 Å². The number of carbonyl (C=O) groups excluding carboxylic acids is 1. The van der Waals surface area contributed by atoms with Gasteiger partial charge in [-0.3, -0.25) is 4.79 Å². The summed E-state index contributed by atoms with van der Waals surface area (Å²) >= 11 is 0. The number of carbonyl (C=O) groups is 1. The van der Waals surface area contributed by atoms with Crippen molar-refractivity contribution in [1.29, 1.82) is 0 Å². The molecule has 2 unspecified atom stereocenters. The van der Waals surface area contributed by atoms with Crippen molar-refractivity contribution >= 4 is 16.9 Å². The zero-order valence-corrected chi connectivity index (χ0v) is 11.0. The third-order valence-corrected chi connectivity index (χ3v) is 4.44. The van der Waals surface area contributed by atoms with Crippen LogP contribution in [0.25, 0.3) is 11.0 Å². The zero-order valence-electron chi connectivity index (χ0n) is 11.0. The SMILES string of the molecule is CN(C(=O)C1CC1)C1CC1c1cccc2ccoc12. The minimum atomic E-state index is 0.311. The lowest BCUT2D eigenvalue weighted by molar-refractivity contribution is -0.131. The largest absolute Gasteiger partial charge is 0.464 e. The maximum absolute atomic E-state index is 12.1. The van der Waals surface area contributed by atoms with Crippen LogP contribution in [0.15, 0.2) is 34.9 Å². The molecular formula is C16H17NO2. The Morgan fingerprint density at radius 2 is 2.16 bits per heavy atom. The Morgan fingerprint density at radius 1 is 1.32 bits per heavy atom. The van der Waals surface area contributed by atoms with E-state index in [4.69, 9.17) is 4.42 Å². The van der Waals surface area contributed by atoms with Crippen LogP contribution in [0.4, 0.5) is 0 Å². The fourth-order valence-electron chi connectivity index (χ4n) is 3.03. The molecule has 0 radical (unpaired) electrons. The van der Waals surface area contributed by atoms with Crippen molar-refractivity contribution in [3.8, 4) is 0 Å². The highest BCUT2D eigenvalue weighted by atomic mass is 16.3. The Kier molecular flexibility index (Phi) is 2.25. The average molecular weight is 255 g/mol. The van der Waals surface area contributed by atoms with E-state index in [0.29, 0.717) is 23.8 Å². The maximum Gasteiger partial charge on any atom is 0.225 e. The van der Waals surface area contributed by atoms with Crippen molar-refractivity contribution in [3.05, 3.63) is 36.1 Å². The molecule has 2 fully saturated rings. The van der Waals surface area contributed by atoms with E-state index in [1.165, 1.54) is 5.56 Å². The van der Waals surface area contributed by atoms with Crippen molar-refractivity contribution < 1.29 is 9.21 Å². The lowest BCUT2D eigenvalue weighted by Crippen LogP contribution is -2.30. The number of hydrogen-bond acceptors (Lipinski definition) is 2. The summed E-state index contributed by atoms with van der Waals surface area (Å²) in [5, 5.41) is 1.15. The van der Waals surface area contributed by atoms with Gasteiger partial charge < -0.3 is 9.32 Å². The molecule has 4 rings (SSSR count). The predicted molar refractivity (Wildman–Crippen MR) is 72.9 cm³/mol. The summed E-state index contributed by atoms with van der Waals surface area (Å²) in [6, 6.07) is 8.63. The predicted octanol–water partition coefficient (Wildman–Crippen LogP) is 3.16. The standard InChI is InChI=1S/C16H17NO2/c1-17(16(18)11-5-6-11)14-9-13(14)12-4-2-3-10-7-8-19-15(10)12/h2-4,7-8,11,13-14H,5-6,9H2,1H3. The Labute approximate surface area is 112 Å². The van der Waals surface area contributed by atoms with Gasteiger partial charge in [-0.2, -0.15) is 0 Å². The highest BCUT2D eigenvalue weighted by Crippen LogP contribution is 2.47. The number of nitrogens with zero attached hydrogens (tertiary/aromatic N) is 1. The first kappa shape index (κ1) is 11.1. The van der Waals surface area contributed by atoms with Gasteiger partial charge in [-0.25, -0.2) is 0 Å². The molecule has 19 heavy (non-hydrogen) atoms. The Bertz CT molecular complexity index is 641. The van der Waals surface area contributed by atoms with Crippen molar-refractivity contribution in [2.45, 2.75) is 31.2 Å². The normalized spacial score (nSPS) is 25.5. The number of rotatable bonds is 3. The molecule has 0 spiro atoms. The van der Waals surface area contributed by atoms with Gasteiger partial charge in [-0.15, -0.1) is 0 Å². The number of fused-ring (bicyclic) bond motifs is 1. The van der Waals surface area contributed by atoms with E-state index in [2.05, 4.69) is 18.2 Å². The monoisotopic (exact) mass is 255 g/mol. The molecule has 1 heterocycles. The molecule has 2 aliphatic rings. The molecule has 2 aromatic rings. The summed E-state index contributed by atoms with van der Waals surface area (Å²) in [5.41, 5.74) is 2.24. The van der Waals surface area contributed by atoms with Crippen LogP contribution in [0.1, 0.15) is 30.7 Å². The van der Waals surface area contributed by atoms with Gasteiger partial charge in [0.2, 0.25) is 5.91 Å². The van der Waals surface area contributed by atoms with E-state index < -0.39 is 0 Å². The topological polar surface area (TPSA) is 33.5 Å². The first-order valence-corrected chi connectivity index (χ1v) is 6.98. The summed E-state index contributed by atoms with van der Waals surface area (Å²) < 4.78 is 5.60. The van der Waals surface area contributed by atoms with Crippen LogP contribution in [0.2, 0.25) is 0 Å². The Balaban J connectivity index is 1.58. The lowest BCUT2D eigenvalue weighted by atomic mass is 10.1. The number of likely N-dealkylation sites (N-methyl/N-ethyl adjacent to an activating group) is 1. The van der Waals surface area contributed by atoms with Crippen LogP contribution in [0.5, 0.6) is 0 Å². The third-order valence-electron chi connectivity index (χ3n) is 4.44. The molecule has 0 aliphatic heterocycles. The third kappa shape index (κ3) is 1.76. The van der Waals surface area contributed by atoms with E-state index >= 15 is 0 Å². The summed E-state index contributed by atoms with van der Waals surface area (Å²) in [7, 11) is 1.95. The molecule has 1 amide bonds. The van der Waals surface area contributed by atoms with E-state index in [0.717, 1.165) is 30.2 Å². The molecule has 2 saturated carbocycles. The van der Waals surface area contributed by atoms with E-state index in [-0.39, 0.29) is 0 Å². The quantitative estimate of drug-likeness (QED) is 0.844. The van der Waals surface area contributed by atoms with Gasteiger partial charge in [0, 0.05) is 35.9 Å². The molecule has 2 atom stereocenters. The fraction of sp³-hybridized carbons (Fsp3) is 0.438. The second kappa shape index (κ2) is 3.86. The van der Waals surface area contributed by atoms with Crippen molar-refractivity contribution in [3.63, 3.8) is 0 Å². The number of para-hydroxylation sites is 1. The molecule has 3 nitrogen and oxygen atoms in total. The van der Waals surface area contributed by atoms with Crippen LogP contribution >= 0.6 is 0 Å². The fourth-order valence-corrected chi connectivity index (χ4v) is 3.03. The highest BCUT2D eigenvalue weighted by molar-refractivity contribution is 5.83. The lowest BCUT2D eigenvalue weighted by Gasteiger charge is -2.17. The molecule has 3 heteroatoms. The van der Waals surface area contributed by atoms with Crippen molar-refractivity contribution in [1.82, 2.24) is 4.90 Å². The molecule has 0 N–H and O–H groups in total. The molecule has 98 valence electrons. The van der Waals surface area contributed by atoms with Crippen LogP contribution in [-0.2, 0) is 4.79 Å². The van der Waals surface area contributed by atoms with Crippen molar-refractivity contribution in [2.75, 3.05) is 7.05 Å². The number of benzene rings is 1. The van der Waals surface area contributed by atoms with Gasteiger partial charge in [-0.1, -0.05) is 18.2 Å². The first-order chi connectivity index (χ1) is 9.25. The van der Waals surface area contributed by atoms with Crippen molar-refractivity contribution in [2.24, 2.45) is 5.92 Å². The van der Waals surface area contributed by atoms with Gasteiger partial charge in [0.05, 0.1) is 6.26 Å². The molecular weight excluding hydrogens is 238 g/mol. The van der Waals surface area contributed by atoms with Crippen LogP contribution in [0, 0.1) is 5.92 Å². The molecule has 1 aromatic carbocycles. The maximum atomic E-state index is 12.1. The number of hydrogen-bond donors (Lipinski definition) is 0. The van der Waals surface area contributed by atoms with E-state index in [9.17, 15) is 4.79 Å². The minimum Gasteiger partial charge on any atom is -0.464 e. The first-order valence-electron chi connectivity index (χ1n) is 6.98. The highest BCUT2D eigenvalue weighted by Gasteiger charge is 2.46. The van der Waals surface area contributed by atoms with Gasteiger partial charge in [-0.05, 0) is 25.3 Å². The Morgan fingerprint density at radius 3 is 2.95 bits per heavy atom. The molecule has 0 bridgehead atoms. The van der Waals surface area contributed by atoms with Crippen LogP contribution in [-0.4, -0.2) is 23.9 Å². The van der Waals surface area contributed by atoms with Gasteiger partial charge in [0.25, 0.3) is 0 Å². The second-order valence-electron chi connectivity index (χ2n) is 5.82. The second-order valence-corrected chi connectivity index (χ2v) is 5.82. The summed E-state index contributed by atoms with van der Waals surface area (Å²) in [6.07, 6.45) is 4.96. The van der Waals surface area contributed by atoms with Crippen LogP contribution in [0.3, 0.4) is 0 Å². The Hall–Kier alpha value is -1.77. The summed E-state index contributed by atoms with van der Waals surface area (Å²) in [5.74, 6) is 1.09. The summed E-state index contributed by atoms with van der Waals surface area (Å²) in [6.45, 7) is 0. The summed E-state index contributed by atoms with van der Waals surface area (Å²) in [4.78, 5) is 14.0. The van der Waals surface area contributed by atoms with Gasteiger partial charge in [0.15, 0.2) is 0 Å². The van der Waals surface area contributed by atoms with Crippen LogP contribution < -0.4 is 0 Å². The smallest absolute Gasteiger partial charge is 0.225 e. The average Bonchev–Trinajstić information content (AvgIpc) is 3.33. The minimum absolute atomic E-state index is 0.311.